The van der Waals surface area contributed by atoms with Gasteiger partial charge in [0.1, 0.15) is 5.69 Å². The van der Waals surface area contributed by atoms with Gasteiger partial charge >= 0.3 is 0 Å². The average Bonchev–Trinajstić information content (AvgIpc) is 3.22. The van der Waals surface area contributed by atoms with Gasteiger partial charge in [-0.25, -0.2) is 4.98 Å². The van der Waals surface area contributed by atoms with Crippen LogP contribution in [-0.2, 0) is 4.74 Å². The van der Waals surface area contributed by atoms with Gasteiger partial charge in [0.15, 0.2) is 0 Å². The highest BCUT2D eigenvalue weighted by Crippen LogP contribution is 2.33. The molecule has 6 heteroatoms. The largest absolute Gasteiger partial charge is 0.380 e. The maximum atomic E-state index is 12.4. The maximum absolute atomic E-state index is 12.4. The summed E-state index contributed by atoms with van der Waals surface area (Å²) in [4.78, 5) is 25.0. The summed E-state index contributed by atoms with van der Waals surface area (Å²) in [6.07, 6.45) is 5.88. The smallest absolute Gasteiger partial charge is 0.274 e. The number of ether oxygens (including phenoxy) is 1. The molecule has 0 aliphatic carbocycles. The Morgan fingerprint density at radius 1 is 1.19 bits per heavy atom. The van der Waals surface area contributed by atoms with E-state index in [2.05, 4.69) is 14.9 Å². The molecule has 3 aliphatic rings. The van der Waals surface area contributed by atoms with E-state index in [-0.39, 0.29) is 5.91 Å². The van der Waals surface area contributed by atoms with Gasteiger partial charge in [0.2, 0.25) is 0 Å². The molecule has 0 bridgehead atoms. The fraction of sp³-hybridized carbons (Fsp3) is 0.667. The molecule has 21 heavy (non-hydrogen) atoms. The first-order chi connectivity index (χ1) is 10.3. The molecule has 0 unspecified atom stereocenters. The first-order valence-corrected chi connectivity index (χ1v) is 7.68. The number of hydrogen-bond acceptors (Lipinski definition) is 5. The third-order valence-corrected chi connectivity index (χ3v) is 5.01. The van der Waals surface area contributed by atoms with Crippen molar-refractivity contribution in [3.8, 4) is 0 Å². The van der Waals surface area contributed by atoms with Crippen molar-refractivity contribution in [1.29, 1.82) is 0 Å². The highest BCUT2D eigenvalue weighted by molar-refractivity contribution is 5.92. The van der Waals surface area contributed by atoms with Gasteiger partial charge < -0.3 is 9.64 Å². The van der Waals surface area contributed by atoms with Crippen LogP contribution in [0.3, 0.4) is 0 Å². The van der Waals surface area contributed by atoms with Gasteiger partial charge in [-0.15, -0.1) is 0 Å². The van der Waals surface area contributed by atoms with Crippen LogP contribution in [0, 0.1) is 11.8 Å². The Hall–Kier alpha value is -1.53. The highest BCUT2D eigenvalue weighted by Gasteiger charge is 2.44. The zero-order valence-corrected chi connectivity index (χ0v) is 12.0. The zero-order valence-electron chi connectivity index (χ0n) is 12.0. The van der Waals surface area contributed by atoms with Gasteiger partial charge in [0.05, 0.1) is 12.8 Å². The molecule has 3 aliphatic heterocycles. The lowest BCUT2D eigenvalue weighted by Gasteiger charge is -2.25. The Balaban J connectivity index is 1.38. The van der Waals surface area contributed by atoms with Gasteiger partial charge in [-0.2, -0.15) is 0 Å². The van der Waals surface area contributed by atoms with Crippen LogP contribution in [0.15, 0.2) is 18.6 Å². The molecule has 4 heterocycles. The summed E-state index contributed by atoms with van der Waals surface area (Å²) in [7, 11) is 0. The number of likely N-dealkylation sites (tertiary alicyclic amines) is 2. The second-order valence-electron chi connectivity index (χ2n) is 6.29. The predicted molar refractivity (Wildman–Crippen MR) is 75.7 cm³/mol. The van der Waals surface area contributed by atoms with Gasteiger partial charge in [-0.3, -0.25) is 14.7 Å². The standard InChI is InChI=1S/C15H20N4O2/c20-15(14-5-16-2-3-17-14)19-8-11-6-18(7-12(11)9-19)13-1-4-21-10-13/h2-3,5,11-13H,1,4,6-10H2/t11-,12+,13-/m1/s1. The molecule has 0 radical (unpaired) electrons. The Kier molecular flexibility index (Phi) is 3.35. The minimum atomic E-state index is 0.0215. The number of rotatable bonds is 2. The average molecular weight is 288 g/mol. The van der Waals surface area contributed by atoms with Gasteiger partial charge in [-0.05, 0) is 18.3 Å². The van der Waals surface area contributed by atoms with Crippen LogP contribution in [0.4, 0.5) is 0 Å². The molecule has 0 spiro atoms. The quantitative estimate of drug-likeness (QED) is 0.782. The third-order valence-electron chi connectivity index (χ3n) is 5.01. The lowest BCUT2D eigenvalue weighted by atomic mass is 10.0. The summed E-state index contributed by atoms with van der Waals surface area (Å²) in [6.45, 7) is 5.68. The van der Waals surface area contributed by atoms with Gasteiger partial charge in [0, 0.05) is 51.2 Å². The molecule has 1 aromatic heterocycles. The summed E-state index contributed by atoms with van der Waals surface area (Å²) >= 11 is 0. The molecule has 0 N–H and O–H groups in total. The van der Waals surface area contributed by atoms with E-state index in [1.54, 1.807) is 18.6 Å². The number of aromatic nitrogens is 2. The topological polar surface area (TPSA) is 58.6 Å². The van der Waals surface area contributed by atoms with Crippen LogP contribution >= 0.6 is 0 Å². The van der Waals surface area contributed by atoms with E-state index in [0.717, 1.165) is 45.8 Å². The molecular formula is C15H20N4O2. The first kappa shape index (κ1) is 13.2. The van der Waals surface area contributed by atoms with Crippen LogP contribution in [0.25, 0.3) is 0 Å². The van der Waals surface area contributed by atoms with E-state index in [1.807, 2.05) is 4.90 Å². The normalized spacial score (nSPS) is 32.6. The number of carbonyl (C=O) groups is 1. The van der Waals surface area contributed by atoms with Crippen molar-refractivity contribution in [2.45, 2.75) is 12.5 Å². The molecular weight excluding hydrogens is 268 g/mol. The van der Waals surface area contributed by atoms with E-state index < -0.39 is 0 Å². The van der Waals surface area contributed by atoms with E-state index in [9.17, 15) is 4.79 Å². The van der Waals surface area contributed by atoms with Crippen LogP contribution in [-0.4, -0.2) is 71.1 Å². The molecule has 0 aromatic carbocycles. The molecule has 3 atom stereocenters. The molecule has 112 valence electrons. The van der Waals surface area contributed by atoms with Crippen molar-refractivity contribution in [3.63, 3.8) is 0 Å². The van der Waals surface area contributed by atoms with Crippen LogP contribution in [0.2, 0.25) is 0 Å². The van der Waals surface area contributed by atoms with Crippen molar-refractivity contribution in [2.24, 2.45) is 11.8 Å². The summed E-state index contributed by atoms with van der Waals surface area (Å²) < 4.78 is 5.49. The second-order valence-corrected chi connectivity index (χ2v) is 6.29. The first-order valence-electron chi connectivity index (χ1n) is 7.68. The Morgan fingerprint density at radius 2 is 2.00 bits per heavy atom. The molecule has 3 saturated heterocycles. The minimum absolute atomic E-state index is 0.0215. The number of hydrogen-bond donors (Lipinski definition) is 0. The van der Waals surface area contributed by atoms with E-state index in [0.29, 0.717) is 23.6 Å². The van der Waals surface area contributed by atoms with Gasteiger partial charge in [0.25, 0.3) is 5.91 Å². The summed E-state index contributed by atoms with van der Waals surface area (Å²) in [5.74, 6) is 1.23. The molecule has 6 nitrogen and oxygen atoms in total. The van der Waals surface area contributed by atoms with Crippen molar-refractivity contribution in [2.75, 3.05) is 39.4 Å². The van der Waals surface area contributed by atoms with Gasteiger partial charge in [-0.1, -0.05) is 0 Å². The van der Waals surface area contributed by atoms with Crippen molar-refractivity contribution < 1.29 is 9.53 Å². The monoisotopic (exact) mass is 288 g/mol. The minimum Gasteiger partial charge on any atom is -0.380 e. The Bertz CT molecular complexity index is 504. The molecule has 0 saturated carbocycles. The second kappa shape index (κ2) is 5.35. The molecule has 1 aromatic rings. The van der Waals surface area contributed by atoms with Crippen molar-refractivity contribution in [3.05, 3.63) is 24.3 Å². The number of fused-ring (bicyclic) bond motifs is 1. The SMILES string of the molecule is O=C(c1cnccn1)N1C[C@@H]2CN([C@@H]3CCOC3)C[C@@H]2C1. The summed E-state index contributed by atoms with van der Waals surface area (Å²) in [6, 6.07) is 0.597. The van der Waals surface area contributed by atoms with Crippen LogP contribution < -0.4 is 0 Å². The van der Waals surface area contributed by atoms with Crippen molar-refractivity contribution >= 4 is 5.91 Å². The fourth-order valence-corrected chi connectivity index (χ4v) is 3.87. The maximum Gasteiger partial charge on any atom is 0.274 e. The zero-order chi connectivity index (χ0) is 14.2. The number of nitrogens with zero attached hydrogens (tertiary/aromatic N) is 4. The van der Waals surface area contributed by atoms with E-state index in [4.69, 9.17) is 4.74 Å². The van der Waals surface area contributed by atoms with Crippen LogP contribution in [0.1, 0.15) is 16.9 Å². The molecule has 3 fully saturated rings. The summed E-state index contributed by atoms with van der Waals surface area (Å²) in [5.41, 5.74) is 0.457. The summed E-state index contributed by atoms with van der Waals surface area (Å²) in [5, 5.41) is 0. The predicted octanol–water partition coefficient (Wildman–Crippen LogP) is 0.269. The molecule has 1 amide bonds. The fourth-order valence-electron chi connectivity index (χ4n) is 3.87. The van der Waals surface area contributed by atoms with Crippen molar-refractivity contribution in [1.82, 2.24) is 19.8 Å². The molecule has 4 rings (SSSR count). The lowest BCUT2D eigenvalue weighted by molar-refractivity contribution is 0.0761. The Morgan fingerprint density at radius 3 is 2.62 bits per heavy atom. The van der Waals surface area contributed by atoms with E-state index >= 15 is 0 Å². The highest BCUT2D eigenvalue weighted by atomic mass is 16.5. The number of amides is 1. The lowest BCUT2D eigenvalue weighted by Crippen LogP contribution is -2.38. The third kappa shape index (κ3) is 2.42. The van der Waals surface area contributed by atoms with Crippen LogP contribution in [0.5, 0.6) is 0 Å². The Labute approximate surface area is 124 Å². The number of carbonyl (C=O) groups excluding carboxylic acids is 1. The van der Waals surface area contributed by atoms with E-state index in [1.165, 1.54) is 0 Å².